The SMILES string of the molecule is CCOP(=O)(OCC)C(Nc1ccc(Cc2ccc(NC(c3ccc(C)cc3)P(=O)(OCC)OCC)cc2)cc1)c1ccc(C)cc1. The fourth-order valence-electron chi connectivity index (χ4n) is 5.27. The number of rotatable bonds is 18. The minimum Gasteiger partial charge on any atom is -0.368 e. The highest BCUT2D eigenvalue weighted by Gasteiger charge is 2.38. The van der Waals surface area contributed by atoms with E-state index in [2.05, 4.69) is 34.9 Å². The van der Waals surface area contributed by atoms with Crippen molar-refractivity contribution in [3.8, 4) is 0 Å². The zero-order valence-electron chi connectivity index (χ0n) is 28.3. The number of aryl methyl sites for hydroxylation is 2. The summed E-state index contributed by atoms with van der Waals surface area (Å²) in [6.07, 6.45) is 0.718. The van der Waals surface area contributed by atoms with Crippen LogP contribution in [0.3, 0.4) is 0 Å². The van der Waals surface area contributed by atoms with Crippen molar-refractivity contribution in [3.63, 3.8) is 0 Å². The lowest BCUT2D eigenvalue weighted by molar-refractivity contribution is 0.213. The molecule has 0 saturated carbocycles. The third kappa shape index (κ3) is 9.90. The maximum atomic E-state index is 13.9. The van der Waals surface area contributed by atoms with Gasteiger partial charge in [-0.3, -0.25) is 9.13 Å². The van der Waals surface area contributed by atoms with Crippen LogP contribution in [0.4, 0.5) is 11.4 Å². The minimum atomic E-state index is -3.50. The Morgan fingerprint density at radius 1 is 0.489 bits per heavy atom. The molecule has 10 heteroatoms. The highest BCUT2D eigenvalue weighted by molar-refractivity contribution is 7.54. The maximum Gasteiger partial charge on any atom is 0.357 e. The standard InChI is InChI=1S/C37H48N2O6P2/c1-7-42-46(40,43-8-2)36(32-19-11-28(5)12-20-32)38-34-23-15-30(16-24-34)27-31-17-25-35(26-18-31)39-37(33-21-13-29(6)14-22-33)47(41,44-9-3)45-10-4/h11-26,36-39H,7-10,27H2,1-6H3. The number of benzene rings is 4. The summed E-state index contributed by atoms with van der Waals surface area (Å²) in [5.74, 6) is -1.31. The molecule has 0 heterocycles. The van der Waals surface area contributed by atoms with Crippen molar-refractivity contribution < 1.29 is 27.2 Å². The Morgan fingerprint density at radius 2 is 0.787 bits per heavy atom. The van der Waals surface area contributed by atoms with E-state index in [-0.39, 0.29) is 26.4 Å². The molecule has 0 aliphatic rings. The van der Waals surface area contributed by atoms with Crippen LogP contribution in [0.25, 0.3) is 0 Å². The van der Waals surface area contributed by atoms with E-state index >= 15 is 0 Å². The summed E-state index contributed by atoms with van der Waals surface area (Å²) >= 11 is 0. The van der Waals surface area contributed by atoms with E-state index in [1.54, 1.807) is 0 Å². The molecule has 8 nitrogen and oxygen atoms in total. The summed E-state index contributed by atoms with van der Waals surface area (Å²) in [6.45, 7) is 12.4. The van der Waals surface area contributed by atoms with Gasteiger partial charge in [0, 0.05) is 11.4 Å². The van der Waals surface area contributed by atoms with E-state index < -0.39 is 26.8 Å². The van der Waals surface area contributed by atoms with Crippen LogP contribution >= 0.6 is 15.2 Å². The molecule has 2 unspecified atom stereocenters. The Kier molecular flexibility index (Phi) is 13.4. The average molecular weight is 679 g/mol. The van der Waals surface area contributed by atoms with E-state index in [1.807, 2.05) is 114 Å². The van der Waals surface area contributed by atoms with Gasteiger partial charge in [0.25, 0.3) is 0 Å². The van der Waals surface area contributed by atoms with Crippen molar-refractivity contribution in [1.82, 2.24) is 0 Å². The second kappa shape index (κ2) is 17.3. The molecule has 2 N–H and O–H groups in total. The molecular weight excluding hydrogens is 630 g/mol. The molecule has 0 aliphatic heterocycles. The van der Waals surface area contributed by atoms with E-state index in [4.69, 9.17) is 18.1 Å². The second-order valence-electron chi connectivity index (χ2n) is 11.2. The van der Waals surface area contributed by atoms with Crippen LogP contribution in [0.2, 0.25) is 0 Å². The van der Waals surface area contributed by atoms with E-state index in [9.17, 15) is 9.13 Å². The lowest BCUT2D eigenvalue weighted by Gasteiger charge is -2.28. The van der Waals surface area contributed by atoms with E-state index in [0.717, 1.165) is 51.2 Å². The molecule has 252 valence electrons. The van der Waals surface area contributed by atoms with Gasteiger partial charge in [0.1, 0.15) is 0 Å². The minimum absolute atomic E-state index is 0.277. The third-order valence-corrected chi connectivity index (χ3v) is 12.2. The average Bonchev–Trinajstić information content (AvgIpc) is 3.05. The number of anilines is 2. The number of hydrogen-bond acceptors (Lipinski definition) is 8. The molecule has 0 aliphatic carbocycles. The zero-order valence-corrected chi connectivity index (χ0v) is 30.1. The maximum absolute atomic E-state index is 13.9. The predicted octanol–water partition coefficient (Wildman–Crippen LogP) is 10.6. The first-order chi connectivity index (χ1) is 22.6. The normalized spacial score (nSPS) is 13.2. The van der Waals surface area contributed by atoms with Crippen molar-refractivity contribution >= 4 is 26.6 Å². The molecular formula is C37H48N2O6P2. The Labute approximate surface area is 280 Å². The van der Waals surface area contributed by atoms with Gasteiger partial charge in [-0.05, 0) is 94.5 Å². The summed E-state index contributed by atoms with van der Waals surface area (Å²) in [5.41, 5.74) is 7.77. The Hall–Kier alpha value is -3.22. The van der Waals surface area contributed by atoms with Crippen LogP contribution in [0.15, 0.2) is 97.1 Å². The summed E-state index contributed by atoms with van der Waals surface area (Å²) < 4.78 is 50.7. The first kappa shape index (κ1) is 36.6. The van der Waals surface area contributed by atoms with Gasteiger partial charge in [0.2, 0.25) is 0 Å². The largest absolute Gasteiger partial charge is 0.368 e. The Morgan fingerprint density at radius 3 is 1.06 bits per heavy atom. The van der Waals surface area contributed by atoms with Crippen molar-refractivity contribution in [1.29, 1.82) is 0 Å². The van der Waals surface area contributed by atoms with Gasteiger partial charge in [-0.2, -0.15) is 0 Å². The molecule has 0 aromatic heterocycles. The van der Waals surface area contributed by atoms with Crippen molar-refractivity contribution in [2.24, 2.45) is 0 Å². The molecule has 0 amide bonds. The summed E-state index contributed by atoms with van der Waals surface area (Å²) in [7, 11) is -7.01. The molecule has 4 aromatic rings. The van der Waals surface area contributed by atoms with E-state index in [0.29, 0.717) is 0 Å². The van der Waals surface area contributed by atoms with Crippen molar-refractivity contribution in [2.75, 3.05) is 37.1 Å². The van der Waals surface area contributed by atoms with Gasteiger partial charge >= 0.3 is 15.2 Å². The quantitative estimate of drug-likeness (QED) is 0.100. The third-order valence-electron chi connectivity index (χ3n) is 7.58. The van der Waals surface area contributed by atoms with Gasteiger partial charge in [-0.15, -0.1) is 0 Å². The Bertz CT molecular complexity index is 1480. The van der Waals surface area contributed by atoms with Gasteiger partial charge in [0.15, 0.2) is 11.6 Å². The van der Waals surface area contributed by atoms with Crippen LogP contribution < -0.4 is 10.6 Å². The molecule has 0 bridgehead atoms. The van der Waals surface area contributed by atoms with Crippen LogP contribution in [0.1, 0.15) is 72.6 Å². The summed E-state index contributed by atoms with van der Waals surface area (Å²) in [5, 5.41) is 6.85. The lowest BCUT2D eigenvalue weighted by Crippen LogP contribution is -2.15. The predicted molar refractivity (Wildman–Crippen MR) is 192 cm³/mol. The number of hydrogen-bond donors (Lipinski definition) is 2. The second-order valence-corrected chi connectivity index (χ2v) is 15.5. The van der Waals surface area contributed by atoms with Gasteiger partial charge in [0.05, 0.1) is 26.4 Å². The fourth-order valence-corrected chi connectivity index (χ4v) is 9.14. The monoisotopic (exact) mass is 678 g/mol. The molecule has 4 aromatic carbocycles. The van der Waals surface area contributed by atoms with Gasteiger partial charge in [-0.25, -0.2) is 0 Å². The van der Waals surface area contributed by atoms with Crippen molar-refractivity contribution in [2.45, 2.75) is 59.5 Å². The highest BCUT2D eigenvalue weighted by Crippen LogP contribution is 2.61. The topological polar surface area (TPSA) is 95.1 Å². The van der Waals surface area contributed by atoms with Gasteiger partial charge < -0.3 is 28.7 Å². The van der Waals surface area contributed by atoms with Crippen LogP contribution in [0, 0.1) is 13.8 Å². The lowest BCUT2D eigenvalue weighted by atomic mass is 10.0. The summed E-state index contributed by atoms with van der Waals surface area (Å²) in [4.78, 5) is 0. The molecule has 0 fully saturated rings. The molecule has 2 atom stereocenters. The highest BCUT2D eigenvalue weighted by atomic mass is 31.2. The number of nitrogens with one attached hydrogen (secondary N) is 2. The van der Waals surface area contributed by atoms with Crippen LogP contribution in [0.5, 0.6) is 0 Å². The first-order valence-electron chi connectivity index (χ1n) is 16.2. The molecule has 4 rings (SSSR count). The Balaban J connectivity index is 1.50. The molecule has 0 saturated heterocycles. The van der Waals surface area contributed by atoms with Crippen molar-refractivity contribution in [3.05, 3.63) is 130 Å². The molecule has 0 radical (unpaired) electrons. The zero-order chi connectivity index (χ0) is 33.9. The van der Waals surface area contributed by atoms with Crippen LogP contribution in [-0.4, -0.2) is 26.4 Å². The van der Waals surface area contributed by atoms with E-state index in [1.165, 1.54) is 0 Å². The molecule has 0 spiro atoms. The summed E-state index contributed by atoms with van der Waals surface area (Å²) in [6, 6.07) is 32.0. The molecule has 47 heavy (non-hydrogen) atoms. The van der Waals surface area contributed by atoms with Gasteiger partial charge in [-0.1, -0.05) is 83.9 Å². The first-order valence-corrected chi connectivity index (χ1v) is 19.5. The fraction of sp³-hybridized carbons (Fsp3) is 0.351. The smallest absolute Gasteiger partial charge is 0.357 e. The van der Waals surface area contributed by atoms with Crippen LogP contribution in [-0.2, 0) is 33.6 Å².